The van der Waals surface area contributed by atoms with Gasteiger partial charge in [-0.25, -0.2) is 4.79 Å². The number of carbonyl (C=O) groups excluding carboxylic acids is 2. The second-order valence-corrected chi connectivity index (χ2v) is 7.09. The minimum atomic E-state index is -0.105. The quantitative estimate of drug-likeness (QED) is 0.821. The summed E-state index contributed by atoms with van der Waals surface area (Å²) in [6.45, 7) is 6.42. The van der Waals surface area contributed by atoms with E-state index in [1.807, 2.05) is 43.0 Å². The minimum absolute atomic E-state index is 0.0181. The highest BCUT2D eigenvalue weighted by Gasteiger charge is 2.25. The molecule has 7 heteroatoms. The average molecular weight is 358 g/mol. The molecule has 7 nitrogen and oxygen atoms in total. The van der Waals surface area contributed by atoms with E-state index in [0.717, 1.165) is 11.0 Å². The molecule has 140 valence electrons. The molecule has 1 aliphatic heterocycles. The number of amides is 2. The first-order valence-electron chi connectivity index (χ1n) is 9.11. The van der Waals surface area contributed by atoms with E-state index in [1.165, 1.54) is 0 Å². The monoisotopic (exact) mass is 358 g/mol. The van der Waals surface area contributed by atoms with E-state index in [9.17, 15) is 14.4 Å². The first-order valence-corrected chi connectivity index (χ1v) is 9.11. The smallest absolute Gasteiger partial charge is 0.328 e. The van der Waals surface area contributed by atoms with Gasteiger partial charge in [0.25, 0.3) is 0 Å². The summed E-state index contributed by atoms with van der Waals surface area (Å²) in [4.78, 5) is 40.6. The molecule has 1 aromatic carbocycles. The zero-order valence-corrected chi connectivity index (χ0v) is 15.6. The lowest BCUT2D eigenvalue weighted by Crippen LogP contribution is -2.51. The van der Waals surface area contributed by atoms with E-state index in [0.29, 0.717) is 32.7 Å². The van der Waals surface area contributed by atoms with Gasteiger partial charge in [-0.2, -0.15) is 0 Å². The van der Waals surface area contributed by atoms with Gasteiger partial charge in [0.1, 0.15) is 0 Å². The van der Waals surface area contributed by atoms with Crippen LogP contribution in [0.2, 0.25) is 0 Å². The van der Waals surface area contributed by atoms with E-state index in [2.05, 4.69) is 0 Å². The summed E-state index contributed by atoms with van der Waals surface area (Å²) >= 11 is 0. The Balaban J connectivity index is 1.62. The van der Waals surface area contributed by atoms with Crippen molar-refractivity contribution < 1.29 is 9.59 Å². The maximum absolute atomic E-state index is 12.5. The Hall–Kier alpha value is -2.57. The largest absolute Gasteiger partial charge is 0.339 e. The molecule has 1 aromatic heterocycles. The van der Waals surface area contributed by atoms with Crippen LogP contribution in [0.25, 0.3) is 11.0 Å². The van der Waals surface area contributed by atoms with Gasteiger partial charge in [-0.05, 0) is 12.1 Å². The Morgan fingerprint density at radius 1 is 1.00 bits per heavy atom. The maximum atomic E-state index is 12.5. The molecule has 0 spiro atoms. The van der Waals surface area contributed by atoms with E-state index in [-0.39, 0.29) is 29.8 Å². The molecule has 1 aliphatic rings. The summed E-state index contributed by atoms with van der Waals surface area (Å²) in [5.41, 5.74) is 1.61. The molecule has 2 heterocycles. The van der Waals surface area contributed by atoms with Crippen molar-refractivity contribution in [2.75, 3.05) is 26.2 Å². The predicted molar refractivity (Wildman–Crippen MR) is 99.8 cm³/mol. The topological polar surface area (TPSA) is 67.6 Å². The Labute approximate surface area is 152 Å². The summed E-state index contributed by atoms with van der Waals surface area (Å²) in [5.74, 6) is 0.149. The number of nitrogens with zero attached hydrogens (tertiary/aromatic N) is 4. The standard InChI is InChI=1S/C19H26N4O3/c1-14(2)18(25)22-12-10-21(11-13-22)17(24)8-9-23-16-7-5-4-6-15(16)20(3)19(23)26/h4-7,14H,8-13H2,1-3H3. The molecule has 1 fully saturated rings. The van der Waals surface area contributed by atoms with Crippen molar-refractivity contribution in [1.29, 1.82) is 0 Å². The number of piperazine rings is 1. The molecule has 2 aromatic rings. The summed E-state index contributed by atoms with van der Waals surface area (Å²) < 4.78 is 3.27. The average Bonchev–Trinajstić information content (AvgIpc) is 2.90. The Bertz CT molecular complexity index is 873. The van der Waals surface area contributed by atoms with Crippen LogP contribution in [-0.2, 0) is 23.2 Å². The fraction of sp³-hybridized carbons (Fsp3) is 0.526. The summed E-state index contributed by atoms with van der Waals surface area (Å²) in [6, 6.07) is 7.60. The summed E-state index contributed by atoms with van der Waals surface area (Å²) in [7, 11) is 1.74. The molecule has 0 N–H and O–H groups in total. The molecule has 0 bridgehead atoms. The highest BCUT2D eigenvalue weighted by Crippen LogP contribution is 2.13. The van der Waals surface area contributed by atoms with E-state index in [1.54, 1.807) is 21.1 Å². The normalized spacial score (nSPS) is 15.1. The van der Waals surface area contributed by atoms with Crippen molar-refractivity contribution in [1.82, 2.24) is 18.9 Å². The molecule has 0 unspecified atom stereocenters. The number of aromatic nitrogens is 2. The number of benzene rings is 1. The minimum Gasteiger partial charge on any atom is -0.339 e. The summed E-state index contributed by atoms with van der Waals surface area (Å²) in [6.07, 6.45) is 0.284. The number of carbonyl (C=O) groups is 2. The van der Waals surface area contributed by atoms with Crippen LogP contribution in [-0.4, -0.2) is 56.9 Å². The van der Waals surface area contributed by atoms with Gasteiger partial charge < -0.3 is 9.80 Å². The number of hydrogen-bond donors (Lipinski definition) is 0. The van der Waals surface area contributed by atoms with Crippen molar-refractivity contribution in [3.8, 4) is 0 Å². The van der Waals surface area contributed by atoms with Crippen LogP contribution in [0, 0.1) is 5.92 Å². The van der Waals surface area contributed by atoms with Gasteiger partial charge in [0.15, 0.2) is 0 Å². The van der Waals surface area contributed by atoms with Gasteiger partial charge in [0, 0.05) is 52.1 Å². The number of para-hydroxylation sites is 2. The van der Waals surface area contributed by atoms with Crippen LogP contribution in [0.1, 0.15) is 20.3 Å². The molecule has 0 atom stereocenters. The van der Waals surface area contributed by atoms with Gasteiger partial charge >= 0.3 is 5.69 Å². The summed E-state index contributed by atoms with van der Waals surface area (Å²) in [5, 5.41) is 0. The number of rotatable bonds is 4. The van der Waals surface area contributed by atoms with Gasteiger partial charge in [-0.1, -0.05) is 26.0 Å². The predicted octanol–water partition coefficient (Wildman–Crippen LogP) is 1.06. The van der Waals surface area contributed by atoms with Crippen molar-refractivity contribution in [2.24, 2.45) is 13.0 Å². The highest BCUT2D eigenvalue weighted by atomic mass is 16.2. The molecular formula is C19H26N4O3. The van der Waals surface area contributed by atoms with Gasteiger partial charge in [-0.3, -0.25) is 18.7 Å². The van der Waals surface area contributed by atoms with Crippen molar-refractivity contribution >= 4 is 22.8 Å². The van der Waals surface area contributed by atoms with E-state index >= 15 is 0 Å². The SMILES string of the molecule is CC(C)C(=O)N1CCN(C(=O)CCn2c(=O)n(C)c3ccccc32)CC1. The Kier molecular flexibility index (Phi) is 5.15. The van der Waals surface area contributed by atoms with Crippen LogP contribution >= 0.6 is 0 Å². The van der Waals surface area contributed by atoms with Gasteiger partial charge in [0.2, 0.25) is 11.8 Å². The second-order valence-electron chi connectivity index (χ2n) is 7.09. The molecule has 1 saturated heterocycles. The lowest BCUT2D eigenvalue weighted by molar-refractivity contribution is -0.141. The molecule has 0 aliphatic carbocycles. The first-order chi connectivity index (χ1) is 12.4. The maximum Gasteiger partial charge on any atom is 0.328 e. The number of imidazole rings is 1. The highest BCUT2D eigenvalue weighted by molar-refractivity contribution is 5.80. The van der Waals surface area contributed by atoms with Crippen LogP contribution in [0.5, 0.6) is 0 Å². The number of aryl methyl sites for hydroxylation is 2. The Morgan fingerprint density at radius 2 is 1.58 bits per heavy atom. The fourth-order valence-electron chi connectivity index (χ4n) is 3.49. The zero-order chi connectivity index (χ0) is 18.8. The van der Waals surface area contributed by atoms with Gasteiger partial charge in [-0.15, -0.1) is 0 Å². The zero-order valence-electron chi connectivity index (χ0n) is 15.6. The molecule has 2 amide bonds. The molecule has 0 radical (unpaired) electrons. The van der Waals surface area contributed by atoms with Crippen LogP contribution in [0.15, 0.2) is 29.1 Å². The Morgan fingerprint density at radius 3 is 2.19 bits per heavy atom. The second kappa shape index (κ2) is 7.35. The third kappa shape index (κ3) is 3.38. The van der Waals surface area contributed by atoms with E-state index < -0.39 is 0 Å². The van der Waals surface area contributed by atoms with Crippen LogP contribution in [0.4, 0.5) is 0 Å². The van der Waals surface area contributed by atoms with Crippen molar-refractivity contribution in [3.05, 3.63) is 34.7 Å². The third-order valence-electron chi connectivity index (χ3n) is 5.04. The first kappa shape index (κ1) is 18.2. The van der Waals surface area contributed by atoms with Crippen molar-refractivity contribution in [2.45, 2.75) is 26.8 Å². The molecular weight excluding hydrogens is 332 g/mol. The molecule has 3 rings (SSSR count). The lowest BCUT2D eigenvalue weighted by atomic mass is 10.1. The van der Waals surface area contributed by atoms with Crippen LogP contribution < -0.4 is 5.69 Å². The number of fused-ring (bicyclic) bond motifs is 1. The van der Waals surface area contributed by atoms with Crippen molar-refractivity contribution in [3.63, 3.8) is 0 Å². The fourth-order valence-corrected chi connectivity index (χ4v) is 3.49. The number of hydrogen-bond acceptors (Lipinski definition) is 3. The van der Waals surface area contributed by atoms with E-state index in [4.69, 9.17) is 0 Å². The van der Waals surface area contributed by atoms with Crippen LogP contribution in [0.3, 0.4) is 0 Å². The molecule has 26 heavy (non-hydrogen) atoms. The lowest BCUT2D eigenvalue weighted by Gasteiger charge is -2.35. The molecule has 0 saturated carbocycles. The third-order valence-corrected chi connectivity index (χ3v) is 5.04. The van der Waals surface area contributed by atoms with Gasteiger partial charge in [0.05, 0.1) is 11.0 Å².